The van der Waals surface area contributed by atoms with Crippen LogP contribution < -0.4 is 0 Å². The van der Waals surface area contributed by atoms with Crippen LogP contribution in [-0.4, -0.2) is 5.91 Å². The largest absolute Gasteiger partial charge is 0.288 e. The Morgan fingerprint density at radius 3 is 3.17 bits per heavy atom. The molecule has 1 amide bonds. The van der Waals surface area contributed by atoms with E-state index < -0.39 is 5.91 Å². The minimum absolute atomic E-state index is 0.578. The standard InChI is InChI=1S/C7H5N3OS/c8-10-9-7(11)4-3-6-2-1-5-12-6/h1-5H. The van der Waals surface area contributed by atoms with Crippen molar-refractivity contribution in [2.45, 2.75) is 0 Å². The first kappa shape index (κ1) is 8.52. The Morgan fingerprint density at radius 2 is 2.58 bits per heavy atom. The second-order valence-electron chi connectivity index (χ2n) is 1.88. The summed E-state index contributed by atoms with van der Waals surface area (Å²) < 4.78 is 0. The van der Waals surface area contributed by atoms with Crippen molar-refractivity contribution in [1.82, 2.24) is 0 Å². The van der Waals surface area contributed by atoms with Crippen LogP contribution in [0, 0.1) is 0 Å². The van der Waals surface area contributed by atoms with Gasteiger partial charge in [-0.15, -0.1) is 11.3 Å². The van der Waals surface area contributed by atoms with Crippen LogP contribution in [0.2, 0.25) is 0 Å². The van der Waals surface area contributed by atoms with Crippen molar-refractivity contribution in [2.24, 2.45) is 5.11 Å². The molecule has 0 aromatic carbocycles. The van der Waals surface area contributed by atoms with E-state index in [4.69, 9.17) is 5.53 Å². The van der Waals surface area contributed by atoms with E-state index in [-0.39, 0.29) is 0 Å². The van der Waals surface area contributed by atoms with Gasteiger partial charge >= 0.3 is 0 Å². The Kier molecular flexibility index (Phi) is 3.07. The molecule has 0 aliphatic rings. The predicted octanol–water partition coefficient (Wildman–Crippen LogP) is 2.60. The van der Waals surface area contributed by atoms with Crippen LogP contribution >= 0.6 is 11.3 Å². The fraction of sp³-hybridized carbons (Fsp3) is 0. The highest BCUT2D eigenvalue weighted by Gasteiger charge is 1.89. The molecule has 1 aromatic heterocycles. The predicted molar refractivity (Wildman–Crippen MR) is 47.5 cm³/mol. The van der Waals surface area contributed by atoms with Crippen molar-refractivity contribution in [3.63, 3.8) is 0 Å². The van der Waals surface area contributed by atoms with Gasteiger partial charge in [-0.1, -0.05) is 6.07 Å². The summed E-state index contributed by atoms with van der Waals surface area (Å²) in [7, 11) is 0. The fourth-order valence-corrected chi connectivity index (χ4v) is 1.23. The van der Waals surface area contributed by atoms with Gasteiger partial charge in [-0.3, -0.25) is 4.79 Å². The summed E-state index contributed by atoms with van der Waals surface area (Å²) in [5.41, 5.74) is 7.90. The third-order valence-corrected chi connectivity index (χ3v) is 1.91. The summed E-state index contributed by atoms with van der Waals surface area (Å²) in [6, 6.07) is 3.74. The summed E-state index contributed by atoms with van der Waals surface area (Å²) >= 11 is 1.51. The summed E-state index contributed by atoms with van der Waals surface area (Å²) in [5.74, 6) is -0.578. The van der Waals surface area contributed by atoms with Crippen molar-refractivity contribution in [1.29, 1.82) is 0 Å². The number of carbonyl (C=O) groups excluding carboxylic acids is 1. The molecule has 0 fully saturated rings. The zero-order valence-electron chi connectivity index (χ0n) is 6.04. The molecule has 5 heteroatoms. The third-order valence-electron chi connectivity index (χ3n) is 1.08. The quantitative estimate of drug-likeness (QED) is 0.298. The molecule has 0 aliphatic heterocycles. The summed E-state index contributed by atoms with van der Waals surface area (Å²) in [5, 5.41) is 4.78. The zero-order valence-corrected chi connectivity index (χ0v) is 6.86. The number of rotatable bonds is 2. The first-order valence-corrected chi connectivity index (χ1v) is 4.01. The van der Waals surface area contributed by atoms with Gasteiger partial charge in [0.05, 0.1) is 0 Å². The topological polar surface area (TPSA) is 65.8 Å². The zero-order chi connectivity index (χ0) is 8.81. The molecule has 0 atom stereocenters. The highest BCUT2D eigenvalue weighted by Crippen LogP contribution is 2.09. The van der Waals surface area contributed by atoms with Crippen LogP contribution in [0.4, 0.5) is 0 Å². The molecule has 4 nitrogen and oxygen atoms in total. The smallest absolute Gasteiger partial charge is 0.242 e. The van der Waals surface area contributed by atoms with E-state index in [1.54, 1.807) is 6.08 Å². The van der Waals surface area contributed by atoms with Crippen molar-refractivity contribution >= 4 is 23.3 Å². The van der Waals surface area contributed by atoms with E-state index in [1.807, 2.05) is 17.5 Å². The van der Waals surface area contributed by atoms with Gasteiger partial charge in [-0.2, -0.15) is 0 Å². The van der Waals surface area contributed by atoms with E-state index in [2.05, 4.69) is 10.0 Å². The van der Waals surface area contributed by atoms with Crippen LogP contribution in [0.25, 0.3) is 16.5 Å². The van der Waals surface area contributed by atoms with Crippen LogP contribution in [0.5, 0.6) is 0 Å². The lowest BCUT2D eigenvalue weighted by molar-refractivity contribution is -0.113. The fourth-order valence-electron chi connectivity index (χ4n) is 0.617. The number of azide groups is 1. The molecule has 0 aliphatic carbocycles. The Bertz CT molecular complexity index is 336. The number of hydrogen-bond donors (Lipinski definition) is 0. The first-order chi connectivity index (χ1) is 5.83. The van der Waals surface area contributed by atoms with Crippen molar-refractivity contribution < 1.29 is 4.79 Å². The lowest BCUT2D eigenvalue weighted by atomic mass is 10.4. The van der Waals surface area contributed by atoms with Gasteiger partial charge in [0.15, 0.2) is 0 Å². The van der Waals surface area contributed by atoms with Gasteiger partial charge < -0.3 is 0 Å². The van der Waals surface area contributed by atoms with Crippen molar-refractivity contribution in [3.8, 4) is 0 Å². The Hall–Kier alpha value is -1.58. The van der Waals surface area contributed by atoms with Gasteiger partial charge in [0.1, 0.15) is 0 Å². The Balaban J connectivity index is 2.62. The first-order valence-electron chi connectivity index (χ1n) is 3.13. The van der Waals surface area contributed by atoms with Crippen LogP contribution in [0.15, 0.2) is 28.7 Å². The van der Waals surface area contributed by atoms with Crippen LogP contribution in [-0.2, 0) is 4.79 Å². The molecule has 0 saturated heterocycles. The molecule has 0 N–H and O–H groups in total. The number of carbonyl (C=O) groups is 1. The van der Waals surface area contributed by atoms with Crippen molar-refractivity contribution in [3.05, 3.63) is 38.9 Å². The normalized spacial score (nSPS) is 9.67. The SMILES string of the molecule is [N-]=[N+]=NC(=O)C=Cc1cccs1. The molecule has 1 heterocycles. The minimum Gasteiger partial charge on any atom is -0.288 e. The monoisotopic (exact) mass is 179 g/mol. The van der Waals surface area contributed by atoms with Crippen LogP contribution in [0.1, 0.15) is 4.88 Å². The molecular formula is C7H5N3OS. The van der Waals surface area contributed by atoms with Gasteiger partial charge in [-0.05, 0) is 34.2 Å². The maximum Gasteiger partial charge on any atom is 0.242 e. The second kappa shape index (κ2) is 4.33. The molecule has 1 rings (SSSR count). The van der Waals surface area contributed by atoms with Crippen LogP contribution in [0.3, 0.4) is 0 Å². The molecule has 0 saturated carbocycles. The minimum atomic E-state index is -0.578. The van der Waals surface area contributed by atoms with Gasteiger partial charge in [0, 0.05) is 9.79 Å². The van der Waals surface area contributed by atoms with Crippen molar-refractivity contribution in [2.75, 3.05) is 0 Å². The number of hydrogen-bond acceptors (Lipinski definition) is 2. The lowest BCUT2D eigenvalue weighted by Gasteiger charge is -1.79. The molecule has 12 heavy (non-hydrogen) atoms. The molecule has 0 bridgehead atoms. The highest BCUT2D eigenvalue weighted by molar-refractivity contribution is 7.10. The van der Waals surface area contributed by atoms with Gasteiger partial charge in [0.25, 0.3) is 0 Å². The third kappa shape index (κ3) is 2.57. The van der Waals surface area contributed by atoms with Gasteiger partial charge in [-0.25, -0.2) is 0 Å². The Labute approximate surface area is 72.8 Å². The number of thiophene rings is 1. The van der Waals surface area contributed by atoms with E-state index in [0.717, 1.165) is 4.88 Å². The van der Waals surface area contributed by atoms with E-state index >= 15 is 0 Å². The second-order valence-corrected chi connectivity index (χ2v) is 2.86. The molecule has 0 unspecified atom stereocenters. The summed E-state index contributed by atoms with van der Waals surface area (Å²) in [6.45, 7) is 0. The lowest BCUT2D eigenvalue weighted by Crippen LogP contribution is -1.80. The van der Waals surface area contributed by atoms with E-state index in [1.165, 1.54) is 17.4 Å². The molecule has 0 radical (unpaired) electrons. The molecule has 1 aromatic rings. The number of amides is 1. The molecular weight excluding hydrogens is 174 g/mol. The number of nitrogens with zero attached hydrogens (tertiary/aromatic N) is 3. The van der Waals surface area contributed by atoms with Gasteiger partial charge in [0.2, 0.25) is 5.91 Å². The highest BCUT2D eigenvalue weighted by atomic mass is 32.1. The average Bonchev–Trinajstić information content (AvgIpc) is 2.53. The maximum atomic E-state index is 10.6. The molecule has 60 valence electrons. The molecule has 0 spiro atoms. The summed E-state index contributed by atoms with van der Waals surface area (Å²) in [6.07, 6.45) is 2.85. The Morgan fingerprint density at radius 1 is 1.75 bits per heavy atom. The maximum absolute atomic E-state index is 10.6. The average molecular weight is 179 g/mol. The van der Waals surface area contributed by atoms with E-state index in [0.29, 0.717) is 0 Å². The summed E-state index contributed by atoms with van der Waals surface area (Å²) in [4.78, 5) is 14.0. The van der Waals surface area contributed by atoms with E-state index in [9.17, 15) is 4.79 Å².